The summed E-state index contributed by atoms with van der Waals surface area (Å²) >= 11 is 2.89. The first-order chi connectivity index (χ1) is 14.7. The van der Waals surface area contributed by atoms with E-state index >= 15 is 0 Å². The summed E-state index contributed by atoms with van der Waals surface area (Å²) in [6, 6.07) is 14.3. The lowest BCUT2D eigenvalue weighted by atomic mass is 10.2. The van der Waals surface area contributed by atoms with Crippen LogP contribution in [-0.2, 0) is 12.3 Å². The van der Waals surface area contributed by atoms with Crippen molar-refractivity contribution in [3.8, 4) is 10.7 Å². The van der Waals surface area contributed by atoms with Gasteiger partial charge >= 0.3 is 0 Å². The van der Waals surface area contributed by atoms with Crippen molar-refractivity contribution >= 4 is 39.0 Å². The Bertz CT molecular complexity index is 1310. The zero-order valence-corrected chi connectivity index (χ0v) is 17.3. The van der Waals surface area contributed by atoms with Crippen LogP contribution in [0.5, 0.6) is 0 Å². The predicted octanol–water partition coefficient (Wildman–Crippen LogP) is 5.21. The maximum absolute atomic E-state index is 14.0. The first-order valence-electron chi connectivity index (χ1n) is 9.16. The molecule has 0 unspecified atom stereocenters. The van der Waals surface area contributed by atoms with E-state index < -0.39 is 0 Å². The average molecular weight is 438 g/mol. The molecular formula is C21H16FN5OS2. The molecule has 1 aromatic carbocycles. The number of nitrogens with zero attached hydrogens (tertiary/aromatic N) is 4. The number of nitrogens with two attached hydrogens (primary N) is 1. The van der Waals surface area contributed by atoms with Crippen LogP contribution in [0.3, 0.4) is 0 Å². The summed E-state index contributed by atoms with van der Waals surface area (Å²) in [7, 11) is 0. The molecule has 4 heterocycles. The molecule has 0 aliphatic rings. The molecule has 30 heavy (non-hydrogen) atoms. The Balaban J connectivity index is 1.55. The van der Waals surface area contributed by atoms with E-state index in [2.05, 4.69) is 15.2 Å². The number of rotatable bonds is 6. The monoisotopic (exact) mass is 437 g/mol. The number of halogens is 1. The third-order valence-corrected chi connectivity index (χ3v) is 6.77. The minimum Gasteiger partial charge on any atom is -0.467 e. The minimum absolute atomic E-state index is 0.234. The summed E-state index contributed by atoms with van der Waals surface area (Å²) in [5, 5.41) is 10.3. The first kappa shape index (κ1) is 18.8. The number of thiophene rings is 1. The van der Waals surface area contributed by atoms with Crippen LogP contribution in [0, 0.1) is 5.82 Å². The quantitative estimate of drug-likeness (QED) is 0.367. The Hall–Kier alpha value is -3.17. The van der Waals surface area contributed by atoms with Crippen molar-refractivity contribution in [1.82, 2.24) is 19.7 Å². The van der Waals surface area contributed by atoms with E-state index in [4.69, 9.17) is 10.2 Å². The Kier molecular flexibility index (Phi) is 4.97. The van der Waals surface area contributed by atoms with Gasteiger partial charge in [0.05, 0.1) is 23.4 Å². The standard InChI is InChI=1S/C21H16FN5OS2/c22-16-8-2-1-5-13(16)12-29-21-26-25-19(27(21)11-14-6-4-10-28-14)18-17(23)15-7-3-9-24-20(15)30-18/h1-10H,11-12,23H2. The molecule has 0 radical (unpaired) electrons. The fourth-order valence-corrected chi connectivity index (χ4v) is 5.12. The molecule has 2 N–H and O–H groups in total. The van der Waals surface area contributed by atoms with E-state index in [-0.39, 0.29) is 5.82 Å². The van der Waals surface area contributed by atoms with Crippen molar-refractivity contribution < 1.29 is 8.81 Å². The first-order valence-corrected chi connectivity index (χ1v) is 11.0. The van der Waals surface area contributed by atoms with Crippen molar-refractivity contribution in [3.05, 3.63) is 78.1 Å². The van der Waals surface area contributed by atoms with Crippen LogP contribution in [0.15, 0.2) is 70.6 Å². The molecule has 9 heteroatoms. The molecule has 150 valence electrons. The third-order valence-electron chi connectivity index (χ3n) is 4.63. The lowest BCUT2D eigenvalue weighted by molar-refractivity contribution is 0.485. The summed E-state index contributed by atoms with van der Waals surface area (Å²) in [5.41, 5.74) is 7.66. The topological polar surface area (TPSA) is 82.8 Å². The Labute approximate surface area is 179 Å². The number of pyridine rings is 1. The lowest BCUT2D eigenvalue weighted by Crippen LogP contribution is -2.04. The van der Waals surface area contributed by atoms with Crippen LogP contribution in [0.1, 0.15) is 11.3 Å². The van der Waals surface area contributed by atoms with Crippen molar-refractivity contribution in [2.24, 2.45) is 0 Å². The Morgan fingerprint density at radius 2 is 2.00 bits per heavy atom. The van der Waals surface area contributed by atoms with Crippen LogP contribution < -0.4 is 5.73 Å². The van der Waals surface area contributed by atoms with Gasteiger partial charge < -0.3 is 10.2 Å². The molecule has 0 aliphatic heterocycles. The second-order valence-corrected chi connectivity index (χ2v) is 8.49. The highest BCUT2D eigenvalue weighted by Crippen LogP contribution is 2.40. The van der Waals surface area contributed by atoms with Gasteiger partial charge in [-0.15, -0.1) is 21.5 Å². The summed E-state index contributed by atoms with van der Waals surface area (Å²) in [4.78, 5) is 6.05. The van der Waals surface area contributed by atoms with Crippen LogP contribution in [0.25, 0.3) is 20.9 Å². The van der Waals surface area contributed by atoms with Crippen molar-refractivity contribution in [1.29, 1.82) is 0 Å². The number of furan rings is 1. The maximum atomic E-state index is 14.0. The zero-order chi connectivity index (χ0) is 20.5. The number of fused-ring (bicyclic) bond motifs is 1. The Morgan fingerprint density at radius 3 is 2.80 bits per heavy atom. The molecule has 5 aromatic rings. The number of aromatic nitrogens is 4. The minimum atomic E-state index is -0.234. The molecule has 0 atom stereocenters. The molecule has 6 nitrogen and oxygen atoms in total. The van der Waals surface area contributed by atoms with Gasteiger partial charge in [-0.2, -0.15) is 0 Å². The highest BCUT2D eigenvalue weighted by Gasteiger charge is 2.21. The van der Waals surface area contributed by atoms with Crippen molar-refractivity contribution in [2.45, 2.75) is 17.5 Å². The summed E-state index contributed by atoms with van der Waals surface area (Å²) in [5.74, 6) is 1.61. The molecule has 0 saturated carbocycles. The third kappa shape index (κ3) is 3.46. The molecule has 0 amide bonds. The fraction of sp³-hybridized carbons (Fsp3) is 0.0952. The van der Waals surface area contributed by atoms with Crippen LogP contribution in [0.4, 0.5) is 10.1 Å². The highest BCUT2D eigenvalue weighted by molar-refractivity contribution is 7.98. The molecule has 5 rings (SSSR count). The molecule has 4 aromatic heterocycles. The molecular weight excluding hydrogens is 421 g/mol. The second kappa shape index (κ2) is 7.92. The van der Waals surface area contributed by atoms with E-state index in [1.807, 2.05) is 34.9 Å². The van der Waals surface area contributed by atoms with Crippen LogP contribution in [-0.4, -0.2) is 19.7 Å². The van der Waals surface area contributed by atoms with Gasteiger partial charge in [-0.3, -0.25) is 4.57 Å². The van der Waals surface area contributed by atoms with E-state index in [9.17, 15) is 4.39 Å². The molecule has 0 fully saturated rings. The zero-order valence-electron chi connectivity index (χ0n) is 15.7. The summed E-state index contributed by atoms with van der Waals surface area (Å²) in [6.07, 6.45) is 3.37. The number of benzene rings is 1. The number of hydrogen-bond donors (Lipinski definition) is 1. The van der Waals surface area contributed by atoms with Gasteiger partial charge in [-0.05, 0) is 35.9 Å². The van der Waals surface area contributed by atoms with Gasteiger partial charge in [0.2, 0.25) is 0 Å². The van der Waals surface area contributed by atoms with E-state index in [1.165, 1.54) is 29.2 Å². The molecule has 0 aliphatic carbocycles. The van der Waals surface area contributed by atoms with Gasteiger partial charge in [0.15, 0.2) is 11.0 Å². The average Bonchev–Trinajstić information content (AvgIpc) is 3.48. The van der Waals surface area contributed by atoms with Gasteiger partial charge in [-0.1, -0.05) is 30.0 Å². The molecule has 0 bridgehead atoms. The van der Waals surface area contributed by atoms with Crippen molar-refractivity contribution in [2.75, 3.05) is 5.73 Å². The summed E-state index contributed by atoms with van der Waals surface area (Å²) in [6.45, 7) is 0.441. The number of thioether (sulfide) groups is 1. The van der Waals surface area contributed by atoms with E-state index in [0.29, 0.717) is 34.5 Å². The van der Waals surface area contributed by atoms with Crippen molar-refractivity contribution in [3.63, 3.8) is 0 Å². The Morgan fingerprint density at radius 1 is 1.10 bits per heavy atom. The molecule has 0 spiro atoms. The lowest BCUT2D eigenvalue weighted by Gasteiger charge is -2.09. The fourth-order valence-electron chi connectivity index (χ4n) is 3.14. The van der Waals surface area contributed by atoms with Gasteiger partial charge in [0, 0.05) is 17.3 Å². The van der Waals surface area contributed by atoms with Crippen LogP contribution >= 0.6 is 23.1 Å². The van der Waals surface area contributed by atoms with Crippen LogP contribution in [0.2, 0.25) is 0 Å². The van der Waals surface area contributed by atoms with Gasteiger partial charge in [0.1, 0.15) is 16.4 Å². The summed E-state index contributed by atoms with van der Waals surface area (Å²) < 4.78 is 21.5. The normalized spacial score (nSPS) is 11.4. The number of nitrogen functional groups attached to an aromatic ring is 1. The van der Waals surface area contributed by atoms with E-state index in [0.717, 1.165) is 20.9 Å². The number of hydrogen-bond acceptors (Lipinski definition) is 7. The highest BCUT2D eigenvalue weighted by atomic mass is 32.2. The smallest absolute Gasteiger partial charge is 0.192 e. The predicted molar refractivity (Wildman–Crippen MR) is 117 cm³/mol. The largest absolute Gasteiger partial charge is 0.467 e. The maximum Gasteiger partial charge on any atom is 0.192 e. The number of anilines is 1. The second-order valence-electron chi connectivity index (χ2n) is 6.55. The van der Waals surface area contributed by atoms with E-state index in [1.54, 1.807) is 24.6 Å². The SMILES string of the molecule is Nc1c(-c2nnc(SCc3ccccc3F)n2Cc2ccco2)sc2ncccc12. The van der Waals surface area contributed by atoms with Gasteiger partial charge in [0.25, 0.3) is 0 Å². The van der Waals surface area contributed by atoms with Gasteiger partial charge in [-0.25, -0.2) is 9.37 Å². The molecule has 0 saturated heterocycles.